The number of carbonyl (C=O) groups is 1. The SMILES string of the molecule is Cc1ccc(S(=O)CC(C)C(=O)O)cc1C. The fourth-order valence-corrected chi connectivity index (χ4v) is 2.57. The molecule has 0 spiro atoms. The third kappa shape index (κ3) is 3.17. The summed E-state index contributed by atoms with van der Waals surface area (Å²) in [6.45, 7) is 5.51. The number of aryl methyl sites for hydroxylation is 2. The van der Waals surface area contributed by atoms with Crippen molar-refractivity contribution >= 4 is 16.8 Å². The van der Waals surface area contributed by atoms with Crippen LogP contribution in [0.4, 0.5) is 0 Å². The van der Waals surface area contributed by atoms with E-state index in [1.54, 1.807) is 13.0 Å². The van der Waals surface area contributed by atoms with Gasteiger partial charge in [0.1, 0.15) is 0 Å². The molecule has 0 aliphatic carbocycles. The fraction of sp³-hybridized carbons (Fsp3) is 0.417. The lowest BCUT2D eigenvalue weighted by Crippen LogP contribution is -2.17. The maximum absolute atomic E-state index is 11.9. The quantitative estimate of drug-likeness (QED) is 0.877. The van der Waals surface area contributed by atoms with Crippen LogP contribution in [-0.2, 0) is 15.6 Å². The summed E-state index contributed by atoms with van der Waals surface area (Å²) < 4.78 is 11.9. The minimum Gasteiger partial charge on any atom is -0.481 e. The molecule has 4 heteroatoms. The summed E-state index contributed by atoms with van der Waals surface area (Å²) in [6.07, 6.45) is 0. The average molecular weight is 240 g/mol. The van der Waals surface area contributed by atoms with Gasteiger partial charge in [-0.15, -0.1) is 0 Å². The van der Waals surface area contributed by atoms with Gasteiger partial charge in [-0.3, -0.25) is 9.00 Å². The molecule has 16 heavy (non-hydrogen) atoms. The minimum absolute atomic E-state index is 0.165. The largest absolute Gasteiger partial charge is 0.481 e. The molecule has 0 heterocycles. The van der Waals surface area contributed by atoms with Gasteiger partial charge in [-0.1, -0.05) is 13.0 Å². The van der Waals surface area contributed by atoms with E-state index in [0.717, 1.165) is 11.1 Å². The van der Waals surface area contributed by atoms with Gasteiger partial charge >= 0.3 is 5.97 Å². The maximum atomic E-state index is 11.9. The fourth-order valence-electron chi connectivity index (χ4n) is 1.25. The van der Waals surface area contributed by atoms with E-state index in [-0.39, 0.29) is 5.75 Å². The molecule has 88 valence electrons. The van der Waals surface area contributed by atoms with Gasteiger partial charge in [0.25, 0.3) is 0 Å². The zero-order chi connectivity index (χ0) is 12.3. The topological polar surface area (TPSA) is 54.4 Å². The third-order valence-corrected chi connectivity index (χ3v) is 4.15. The molecule has 1 N–H and O–H groups in total. The molecule has 1 aromatic rings. The van der Waals surface area contributed by atoms with Crippen LogP contribution in [0.1, 0.15) is 18.1 Å². The van der Waals surface area contributed by atoms with Gasteiger partial charge in [-0.25, -0.2) is 0 Å². The van der Waals surface area contributed by atoms with Crippen molar-refractivity contribution in [3.63, 3.8) is 0 Å². The highest BCUT2D eigenvalue weighted by Crippen LogP contribution is 2.15. The molecule has 0 aromatic heterocycles. The van der Waals surface area contributed by atoms with Gasteiger partial charge in [0.15, 0.2) is 0 Å². The van der Waals surface area contributed by atoms with E-state index in [1.807, 2.05) is 26.0 Å². The molecule has 0 radical (unpaired) electrons. The number of benzene rings is 1. The molecule has 0 saturated heterocycles. The third-order valence-electron chi connectivity index (χ3n) is 2.56. The van der Waals surface area contributed by atoms with E-state index in [9.17, 15) is 9.00 Å². The zero-order valence-corrected chi connectivity index (χ0v) is 10.5. The molecule has 0 fully saturated rings. The van der Waals surface area contributed by atoms with Gasteiger partial charge in [0, 0.05) is 10.6 Å². The maximum Gasteiger partial charge on any atom is 0.307 e. The van der Waals surface area contributed by atoms with Crippen LogP contribution >= 0.6 is 0 Å². The first-order chi connectivity index (χ1) is 7.41. The van der Waals surface area contributed by atoms with Crippen molar-refractivity contribution in [2.75, 3.05) is 5.75 Å². The molecule has 3 nitrogen and oxygen atoms in total. The Balaban J connectivity index is 2.81. The van der Waals surface area contributed by atoms with E-state index < -0.39 is 22.7 Å². The molecule has 1 aromatic carbocycles. The lowest BCUT2D eigenvalue weighted by molar-refractivity contribution is -0.140. The first-order valence-electron chi connectivity index (χ1n) is 5.10. The smallest absolute Gasteiger partial charge is 0.307 e. The second-order valence-corrected chi connectivity index (χ2v) is 5.49. The molecule has 2 atom stereocenters. The highest BCUT2D eigenvalue weighted by molar-refractivity contribution is 7.85. The predicted molar refractivity (Wildman–Crippen MR) is 64.0 cm³/mol. The van der Waals surface area contributed by atoms with Crippen LogP contribution in [0.3, 0.4) is 0 Å². The van der Waals surface area contributed by atoms with Crippen LogP contribution in [0, 0.1) is 19.8 Å². The number of hydrogen-bond acceptors (Lipinski definition) is 2. The molecular weight excluding hydrogens is 224 g/mol. The van der Waals surface area contributed by atoms with E-state index in [1.165, 1.54) is 0 Å². The molecule has 0 amide bonds. The van der Waals surface area contributed by atoms with Crippen molar-refractivity contribution in [2.24, 2.45) is 5.92 Å². The number of aliphatic carboxylic acids is 1. The first kappa shape index (κ1) is 12.9. The van der Waals surface area contributed by atoms with Crippen molar-refractivity contribution in [3.05, 3.63) is 29.3 Å². The zero-order valence-electron chi connectivity index (χ0n) is 9.69. The van der Waals surface area contributed by atoms with Gasteiger partial charge in [0.2, 0.25) is 0 Å². The Bertz CT molecular complexity index is 426. The van der Waals surface area contributed by atoms with Crippen molar-refractivity contribution in [1.29, 1.82) is 0 Å². The molecule has 2 unspecified atom stereocenters. The second-order valence-electron chi connectivity index (χ2n) is 4.00. The Morgan fingerprint density at radius 1 is 1.38 bits per heavy atom. The highest BCUT2D eigenvalue weighted by Gasteiger charge is 2.16. The van der Waals surface area contributed by atoms with E-state index in [2.05, 4.69) is 0 Å². The van der Waals surface area contributed by atoms with Gasteiger partial charge in [0.05, 0.1) is 16.7 Å². The average Bonchev–Trinajstić information content (AvgIpc) is 2.21. The summed E-state index contributed by atoms with van der Waals surface area (Å²) in [5.74, 6) is -1.32. The van der Waals surface area contributed by atoms with Crippen LogP contribution < -0.4 is 0 Å². The van der Waals surface area contributed by atoms with Crippen molar-refractivity contribution < 1.29 is 14.1 Å². The number of carboxylic acids is 1. The van der Waals surface area contributed by atoms with Gasteiger partial charge in [-0.05, 0) is 37.1 Å². The van der Waals surface area contributed by atoms with Gasteiger partial charge < -0.3 is 5.11 Å². The Hall–Kier alpha value is -1.16. The van der Waals surface area contributed by atoms with Crippen LogP contribution in [0.25, 0.3) is 0 Å². The summed E-state index contributed by atoms with van der Waals surface area (Å²) in [5.41, 5.74) is 2.22. The molecular formula is C12H16O3S. The minimum atomic E-state index is -1.23. The van der Waals surface area contributed by atoms with Crippen molar-refractivity contribution in [1.82, 2.24) is 0 Å². The lowest BCUT2D eigenvalue weighted by Gasteiger charge is -2.08. The van der Waals surface area contributed by atoms with Crippen LogP contribution in [0.5, 0.6) is 0 Å². The molecule has 0 bridgehead atoms. The molecule has 0 aliphatic heterocycles. The number of rotatable bonds is 4. The first-order valence-corrected chi connectivity index (χ1v) is 6.42. The standard InChI is InChI=1S/C12H16O3S/c1-8-4-5-11(6-9(8)2)16(15)7-10(3)12(13)14/h4-6,10H,7H2,1-3H3,(H,13,14). The van der Waals surface area contributed by atoms with Gasteiger partial charge in [-0.2, -0.15) is 0 Å². The van der Waals surface area contributed by atoms with E-state index in [0.29, 0.717) is 4.90 Å². The Morgan fingerprint density at radius 3 is 2.50 bits per heavy atom. The summed E-state index contributed by atoms with van der Waals surface area (Å²) >= 11 is 0. The Kier molecular flexibility index (Phi) is 4.24. The van der Waals surface area contributed by atoms with Crippen LogP contribution in [0.2, 0.25) is 0 Å². The summed E-state index contributed by atoms with van der Waals surface area (Å²) in [5, 5.41) is 8.74. The Morgan fingerprint density at radius 2 is 2.00 bits per heavy atom. The molecule has 1 rings (SSSR count). The van der Waals surface area contributed by atoms with E-state index >= 15 is 0 Å². The normalized spacial score (nSPS) is 14.4. The molecule has 0 aliphatic rings. The predicted octanol–water partition coefficient (Wildman–Crippen LogP) is 2.13. The van der Waals surface area contributed by atoms with Crippen molar-refractivity contribution in [2.45, 2.75) is 25.7 Å². The van der Waals surface area contributed by atoms with E-state index in [4.69, 9.17) is 5.11 Å². The summed E-state index contributed by atoms with van der Waals surface area (Å²) in [7, 11) is -1.23. The second kappa shape index (κ2) is 5.25. The lowest BCUT2D eigenvalue weighted by atomic mass is 10.1. The van der Waals surface area contributed by atoms with Crippen LogP contribution in [0.15, 0.2) is 23.1 Å². The summed E-state index contributed by atoms with van der Waals surface area (Å²) in [6, 6.07) is 5.57. The monoisotopic (exact) mass is 240 g/mol. The Labute approximate surface area is 98.0 Å². The number of carboxylic acid groups (broad SMARTS) is 1. The van der Waals surface area contributed by atoms with Crippen LogP contribution in [-0.4, -0.2) is 21.0 Å². The summed E-state index contributed by atoms with van der Waals surface area (Å²) in [4.78, 5) is 11.4. The highest BCUT2D eigenvalue weighted by atomic mass is 32.2. The number of hydrogen-bond donors (Lipinski definition) is 1. The van der Waals surface area contributed by atoms with Crippen molar-refractivity contribution in [3.8, 4) is 0 Å². The molecule has 0 saturated carbocycles.